The SMILES string of the molecule is Cl.Nc1ccc(C(=O)N2CC[C@H]2C(=O)Nc2nc(-c3cccc(-c4ccncc4)c3)cs2)cc1. The molecule has 172 valence electrons. The van der Waals surface area contributed by atoms with Crippen LogP contribution in [0.3, 0.4) is 0 Å². The quantitative estimate of drug-likeness (QED) is 0.393. The van der Waals surface area contributed by atoms with Gasteiger partial charge in [0.1, 0.15) is 6.04 Å². The molecular formula is C25H22ClN5O2S. The minimum atomic E-state index is -0.502. The van der Waals surface area contributed by atoms with E-state index in [2.05, 4.69) is 21.4 Å². The number of halogens is 1. The third-order valence-corrected chi connectivity index (χ3v) is 6.40. The average molecular weight is 492 g/mol. The monoisotopic (exact) mass is 491 g/mol. The van der Waals surface area contributed by atoms with Crippen molar-refractivity contribution in [3.8, 4) is 22.4 Å². The van der Waals surface area contributed by atoms with Crippen molar-refractivity contribution < 1.29 is 9.59 Å². The van der Waals surface area contributed by atoms with Crippen molar-refractivity contribution in [2.45, 2.75) is 12.5 Å². The van der Waals surface area contributed by atoms with E-state index in [9.17, 15) is 9.59 Å². The molecule has 5 rings (SSSR count). The van der Waals surface area contributed by atoms with Gasteiger partial charge in [0.2, 0.25) is 5.91 Å². The van der Waals surface area contributed by atoms with Crippen LogP contribution in [0.2, 0.25) is 0 Å². The maximum Gasteiger partial charge on any atom is 0.254 e. The number of nitrogens with zero attached hydrogens (tertiary/aromatic N) is 3. The fourth-order valence-corrected chi connectivity index (χ4v) is 4.47. The lowest BCUT2D eigenvalue weighted by molar-refractivity contribution is -0.123. The summed E-state index contributed by atoms with van der Waals surface area (Å²) in [6, 6.07) is 18.2. The summed E-state index contributed by atoms with van der Waals surface area (Å²) < 4.78 is 0. The highest BCUT2D eigenvalue weighted by Crippen LogP contribution is 2.29. The Hall–Kier alpha value is -3.75. The zero-order chi connectivity index (χ0) is 22.8. The second kappa shape index (κ2) is 10.0. The number of likely N-dealkylation sites (tertiary alicyclic amines) is 1. The lowest BCUT2D eigenvalue weighted by Gasteiger charge is -2.39. The molecule has 1 aliphatic heterocycles. The van der Waals surface area contributed by atoms with Gasteiger partial charge in [-0.05, 0) is 60.0 Å². The van der Waals surface area contributed by atoms with E-state index >= 15 is 0 Å². The highest BCUT2D eigenvalue weighted by Gasteiger charge is 2.38. The normalized spacial score (nSPS) is 14.6. The highest BCUT2D eigenvalue weighted by molar-refractivity contribution is 7.14. The second-order valence-corrected chi connectivity index (χ2v) is 8.63. The van der Waals surface area contributed by atoms with Gasteiger partial charge in [0.05, 0.1) is 5.69 Å². The van der Waals surface area contributed by atoms with Gasteiger partial charge in [-0.25, -0.2) is 4.98 Å². The van der Waals surface area contributed by atoms with E-state index in [1.54, 1.807) is 41.6 Å². The predicted octanol–water partition coefficient (Wildman–Crippen LogP) is 4.73. The Balaban J connectivity index is 0.00000274. The van der Waals surface area contributed by atoms with Crippen LogP contribution in [-0.2, 0) is 4.79 Å². The molecule has 1 saturated heterocycles. The van der Waals surface area contributed by atoms with Crippen LogP contribution < -0.4 is 11.1 Å². The maximum absolute atomic E-state index is 12.8. The summed E-state index contributed by atoms with van der Waals surface area (Å²) in [7, 11) is 0. The van der Waals surface area contributed by atoms with Crippen LogP contribution in [0.15, 0.2) is 78.4 Å². The van der Waals surface area contributed by atoms with Crippen molar-refractivity contribution in [2.24, 2.45) is 0 Å². The van der Waals surface area contributed by atoms with Crippen LogP contribution in [0, 0.1) is 0 Å². The van der Waals surface area contributed by atoms with E-state index in [4.69, 9.17) is 5.73 Å². The molecular weight excluding hydrogens is 470 g/mol. The number of anilines is 2. The van der Waals surface area contributed by atoms with Gasteiger partial charge in [-0.15, -0.1) is 23.7 Å². The summed E-state index contributed by atoms with van der Waals surface area (Å²) in [6.45, 7) is 0.548. The molecule has 9 heteroatoms. The van der Waals surface area contributed by atoms with Gasteiger partial charge in [-0.2, -0.15) is 0 Å². The van der Waals surface area contributed by atoms with Crippen molar-refractivity contribution in [2.75, 3.05) is 17.6 Å². The van der Waals surface area contributed by atoms with Gasteiger partial charge in [-0.1, -0.05) is 18.2 Å². The first-order valence-electron chi connectivity index (χ1n) is 10.5. The number of nitrogens with two attached hydrogens (primary N) is 1. The number of carbonyl (C=O) groups excluding carboxylic acids is 2. The number of carbonyl (C=O) groups is 2. The number of pyridine rings is 1. The molecule has 0 saturated carbocycles. The third-order valence-electron chi connectivity index (χ3n) is 5.65. The molecule has 0 spiro atoms. The summed E-state index contributed by atoms with van der Waals surface area (Å²) in [5, 5.41) is 5.30. The fraction of sp³-hybridized carbons (Fsp3) is 0.120. The first-order valence-corrected chi connectivity index (χ1v) is 11.4. The third kappa shape index (κ3) is 4.78. The first-order chi connectivity index (χ1) is 16.1. The zero-order valence-corrected chi connectivity index (χ0v) is 19.7. The van der Waals surface area contributed by atoms with Crippen LogP contribution in [0.5, 0.6) is 0 Å². The second-order valence-electron chi connectivity index (χ2n) is 7.77. The van der Waals surface area contributed by atoms with Gasteiger partial charge in [0.15, 0.2) is 5.13 Å². The van der Waals surface area contributed by atoms with Crippen molar-refractivity contribution in [3.63, 3.8) is 0 Å². The fourth-order valence-electron chi connectivity index (χ4n) is 3.75. The number of thiazole rings is 1. The van der Waals surface area contributed by atoms with Crippen LogP contribution in [0.1, 0.15) is 16.8 Å². The number of rotatable bonds is 5. The lowest BCUT2D eigenvalue weighted by atomic mass is 10.0. The number of hydrogen-bond acceptors (Lipinski definition) is 6. The van der Waals surface area contributed by atoms with E-state index in [-0.39, 0.29) is 24.2 Å². The van der Waals surface area contributed by atoms with Crippen LogP contribution in [0.4, 0.5) is 10.8 Å². The molecule has 2 amide bonds. The summed E-state index contributed by atoms with van der Waals surface area (Å²) in [5.41, 5.74) is 10.7. The van der Waals surface area contributed by atoms with Gasteiger partial charge in [0, 0.05) is 41.1 Å². The van der Waals surface area contributed by atoms with Gasteiger partial charge in [-0.3, -0.25) is 14.6 Å². The van der Waals surface area contributed by atoms with Gasteiger partial charge < -0.3 is 16.0 Å². The molecule has 0 bridgehead atoms. The van der Waals surface area contributed by atoms with Gasteiger partial charge in [0.25, 0.3) is 5.91 Å². The molecule has 34 heavy (non-hydrogen) atoms. The Morgan fingerprint density at radius 3 is 2.44 bits per heavy atom. The van der Waals surface area contributed by atoms with E-state index in [1.807, 2.05) is 35.7 Å². The predicted molar refractivity (Wildman–Crippen MR) is 137 cm³/mol. The standard InChI is InChI=1S/C25H21N5O2S.ClH/c26-20-6-4-17(5-7-20)24(32)30-13-10-22(30)23(31)29-25-28-21(15-33-25)19-3-1-2-18(14-19)16-8-11-27-12-9-16;/h1-9,11-12,14-15,22H,10,13,26H2,(H,28,29,31);1H/t22-;/m0./s1. The molecule has 1 aliphatic rings. The molecule has 7 nitrogen and oxygen atoms in total. The van der Waals surface area contributed by atoms with E-state index in [0.29, 0.717) is 29.3 Å². The minimum absolute atomic E-state index is 0. The Morgan fingerprint density at radius 2 is 1.74 bits per heavy atom. The molecule has 0 unspecified atom stereocenters. The number of benzene rings is 2. The molecule has 3 heterocycles. The zero-order valence-electron chi connectivity index (χ0n) is 18.0. The number of nitrogen functional groups attached to an aromatic ring is 1. The van der Waals surface area contributed by atoms with Crippen molar-refractivity contribution in [3.05, 3.63) is 84.0 Å². The Labute approximate surface area is 207 Å². The van der Waals surface area contributed by atoms with E-state index in [0.717, 1.165) is 22.4 Å². The Morgan fingerprint density at radius 1 is 1.00 bits per heavy atom. The molecule has 1 fully saturated rings. The smallest absolute Gasteiger partial charge is 0.254 e. The van der Waals surface area contributed by atoms with E-state index in [1.165, 1.54) is 11.3 Å². The Bertz CT molecular complexity index is 1310. The van der Waals surface area contributed by atoms with Gasteiger partial charge >= 0.3 is 0 Å². The molecule has 0 aliphatic carbocycles. The molecule has 4 aromatic rings. The number of amides is 2. The van der Waals surface area contributed by atoms with Crippen LogP contribution in [0.25, 0.3) is 22.4 Å². The number of nitrogens with one attached hydrogen (secondary N) is 1. The largest absolute Gasteiger partial charge is 0.399 e. The molecule has 2 aromatic heterocycles. The maximum atomic E-state index is 12.8. The minimum Gasteiger partial charge on any atom is -0.399 e. The Kier molecular flexibility index (Phi) is 6.90. The van der Waals surface area contributed by atoms with E-state index < -0.39 is 6.04 Å². The molecule has 2 aromatic carbocycles. The number of aromatic nitrogens is 2. The topological polar surface area (TPSA) is 101 Å². The molecule has 3 N–H and O–H groups in total. The summed E-state index contributed by atoms with van der Waals surface area (Å²) >= 11 is 1.36. The van der Waals surface area contributed by atoms with Crippen LogP contribution in [-0.4, -0.2) is 39.3 Å². The summed E-state index contributed by atoms with van der Waals surface area (Å²) in [5.74, 6) is -0.398. The number of hydrogen-bond donors (Lipinski definition) is 2. The van der Waals surface area contributed by atoms with Crippen molar-refractivity contribution in [1.82, 2.24) is 14.9 Å². The van der Waals surface area contributed by atoms with Crippen molar-refractivity contribution >= 4 is 46.4 Å². The summed E-state index contributed by atoms with van der Waals surface area (Å²) in [4.78, 5) is 35.8. The van der Waals surface area contributed by atoms with Crippen LogP contribution >= 0.6 is 23.7 Å². The molecule has 1 atom stereocenters. The summed E-state index contributed by atoms with van der Waals surface area (Å²) in [6.07, 6.45) is 4.15. The lowest BCUT2D eigenvalue weighted by Crippen LogP contribution is -2.56. The van der Waals surface area contributed by atoms with Crippen molar-refractivity contribution in [1.29, 1.82) is 0 Å². The highest BCUT2D eigenvalue weighted by atomic mass is 35.5. The average Bonchev–Trinajstić information content (AvgIpc) is 3.28. The first kappa shape index (κ1) is 23.4. The molecule has 0 radical (unpaired) electrons.